The van der Waals surface area contributed by atoms with Crippen LogP contribution in [-0.2, 0) is 10.0 Å². The summed E-state index contributed by atoms with van der Waals surface area (Å²) in [7, 11) is -3.66. The second kappa shape index (κ2) is 6.35. The van der Waals surface area contributed by atoms with E-state index >= 15 is 0 Å². The number of benzene rings is 1. The van der Waals surface area contributed by atoms with Crippen LogP contribution in [0.4, 0.5) is 0 Å². The van der Waals surface area contributed by atoms with E-state index in [1.54, 1.807) is 0 Å². The summed E-state index contributed by atoms with van der Waals surface area (Å²) in [5.74, 6) is 0.885. The number of rotatable bonds is 4. The van der Waals surface area contributed by atoms with Crippen molar-refractivity contribution in [3.63, 3.8) is 0 Å². The molecule has 4 nitrogen and oxygen atoms in total. The monoisotopic (exact) mass is 326 g/mol. The van der Waals surface area contributed by atoms with Gasteiger partial charge >= 0.3 is 0 Å². The van der Waals surface area contributed by atoms with Crippen molar-refractivity contribution in [3.05, 3.63) is 28.8 Å². The van der Waals surface area contributed by atoms with Crippen molar-refractivity contribution in [1.29, 1.82) is 5.26 Å². The molecule has 0 amide bonds. The number of hydrogen-bond donors (Lipinski definition) is 1. The highest BCUT2D eigenvalue weighted by Crippen LogP contribution is 2.35. The maximum atomic E-state index is 12.5. The van der Waals surface area contributed by atoms with Gasteiger partial charge in [-0.2, -0.15) is 5.26 Å². The summed E-state index contributed by atoms with van der Waals surface area (Å²) in [4.78, 5) is 0.0373. The molecule has 3 unspecified atom stereocenters. The van der Waals surface area contributed by atoms with Gasteiger partial charge in [0.25, 0.3) is 0 Å². The van der Waals surface area contributed by atoms with Crippen LogP contribution < -0.4 is 4.72 Å². The Hall–Kier alpha value is -1.09. The molecule has 6 heteroatoms. The van der Waals surface area contributed by atoms with Crippen LogP contribution >= 0.6 is 11.6 Å². The first-order chi connectivity index (χ1) is 9.89. The van der Waals surface area contributed by atoms with Crippen molar-refractivity contribution in [1.82, 2.24) is 4.72 Å². The summed E-state index contributed by atoms with van der Waals surface area (Å²) in [5, 5.41) is 8.89. The van der Waals surface area contributed by atoms with Crippen molar-refractivity contribution in [2.75, 3.05) is 0 Å². The van der Waals surface area contributed by atoms with Gasteiger partial charge in [-0.05, 0) is 42.9 Å². The maximum absolute atomic E-state index is 12.5. The molecule has 2 rings (SSSR count). The normalized spacial score (nSPS) is 25.7. The molecule has 1 fully saturated rings. The molecule has 0 saturated heterocycles. The Morgan fingerprint density at radius 1 is 1.43 bits per heavy atom. The predicted molar refractivity (Wildman–Crippen MR) is 82.5 cm³/mol. The van der Waals surface area contributed by atoms with Gasteiger partial charge in [0.15, 0.2) is 0 Å². The summed E-state index contributed by atoms with van der Waals surface area (Å²) < 4.78 is 27.7. The summed E-state index contributed by atoms with van der Waals surface area (Å²) >= 11 is 6.00. The maximum Gasteiger partial charge on any atom is 0.242 e. The lowest BCUT2D eigenvalue weighted by Gasteiger charge is -2.21. The average molecular weight is 327 g/mol. The molecule has 21 heavy (non-hydrogen) atoms. The Labute approximate surface area is 131 Å². The van der Waals surface area contributed by atoms with Crippen molar-refractivity contribution in [3.8, 4) is 6.07 Å². The van der Waals surface area contributed by atoms with Crippen LogP contribution in [0.25, 0.3) is 0 Å². The van der Waals surface area contributed by atoms with Gasteiger partial charge in [0.1, 0.15) is 4.90 Å². The molecule has 0 radical (unpaired) electrons. The van der Waals surface area contributed by atoms with Crippen LogP contribution in [0.2, 0.25) is 5.02 Å². The fraction of sp³-hybridized carbons (Fsp3) is 0.533. The Kier molecular flexibility index (Phi) is 4.92. The lowest BCUT2D eigenvalue weighted by Crippen LogP contribution is -2.37. The molecule has 1 aliphatic carbocycles. The molecule has 1 N–H and O–H groups in total. The first-order valence-electron chi connectivity index (χ1n) is 7.11. The van der Waals surface area contributed by atoms with Gasteiger partial charge in [-0.1, -0.05) is 31.9 Å². The standard InChI is InChI=1S/C15H19ClN2O2S/c1-3-12-5-6-14(10(12)2)18-21(19,20)15-7-4-11(9-17)8-13(15)16/h4,7-8,10,12,14,18H,3,5-6H2,1-2H3. The summed E-state index contributed by atoms with van der Waals surface area (Å²) in [6.07, 6.45) is 2.97. The van der Waals surface area contributed by atoms with E-state index in [1.807, 2.05) is 6.07 Å². The Bertz CT molecular complexity index is 667. The number of sulfonamides is 1. The minimum absolute atomic E-state index is 0.0373. The van der Waals surface area contributed by atoms with Crippen molar-refractivity contribution in [2.24, 2.45) is 11.8 Å². The third-order valence-electron chi connectivity index (χ3n) is 4.41. The molecule has 0 aromatic heterocycles. The molecule has 0 aliphatic heterocycles. The third-order valence-corrected chi connectivity index (χ3v) is 6.38. The van der Waals surface area contributed by atoms with Gasteiger partial charge in [0, 0.05) is 6.04 Å². The summed E-state index contributed by atoms with van der Waals surface area (Å²) in [6.45, 7) is 4.23. The zero-order valence-corrected chi connectivity index (χ0v) is 13.7. The molecule has 1 saturated carbocycles. The van der Waals surface area contributed by atoms with Crippen molar-refractivity contribution < 1.29 is 8.42 Å². The van der Waals surface area contributed by atoms with Crippen LogP contribution in [0.1, 0.15) is 38.7 Å². The zero-order chi connectivity index (χ0) is 15.6. The van der Waals surface area contributed by atoms with Gasteiger partial charge in [-0.3, -0.25) is 0 Å². The Morgan fingerprint density at radius 2 is 2.14 bits per heavy atom. The summed E-state index contributed by atoms with van der Waals surface area (Å²) in [6, 6.07) is 6.12. The molecule has 0 bridgehead atoms. The highest BCUT2D eigenvalue weighted by atomic mass is 35.5. The van der Waals surface area contributed by atoms with E-state index in [4.69, 9.17) is 16.9 Å². The van der Waals surface area contributed by atoms with E-state index in [0.717, 1.165) is 19.3 Å². The highest BCUT2D eigenvalue weighted by molar-refractivity contribution is 7.89. The molecule has 0 heterocycles. The second-order valence-electron chi connectivity index (χ2n) is 5.59. The van der Waals surface area contributed by atoms with Crippen LogP contribution in [-0.4, -0.2) is 14.5 Å². The van der Waals surface area contributed by atoms with Gasteiger partial charge < -0.3 is 0 Å². The largest absolute Gasteiger partial charge is 0.242 e. The number of nitrogens with one attached hydrogen (secondary N) is 1. The van der Waals surface area contributed by atoms with E-state index in [-0.39, 0.29) is 16.0 Å². The molecular weight excluding hydrogens is 308 g/mol. The smallest absolute Gasteiger partial charge is 0.208 e. The number of halogens is 1. The Morgan fingerprint density at radius 3 is 2.67 bits per heavy atom. The molecule has 114 valence electrons. The van der Waals surface area contributed by atoms with Crippen LogP contribution in [0.5, 0.6) is 0 Å². The van der Waals surface area contributed by atoms with Crippen LogP contribution in [0, 0.1) is 23.2 Å². The lowest BCUT2D eigenvalue weighted by atomic mass is 9.94. The molecule has 1 aliphatic rings. The first-order valence-corrected chi connectivity index (χ1v) is 8.97. The Balaban J connectivity index is 2.22. The average Bonchev–Trinajstić information content (AvgIpc) is 2.78. The number of hydrogen-bond acceptors (Lipinski definition) is 3. The third kappa shape index (κ3) is 3.39. The SMILES string of the molecule is CCC1CCC(NS(=O)(=O)c2ccc(C#N)cc2Cl)C1C. The van der Waals surface area contributed by atoms with Crippen molar-refractivity contribution >= 4 is 21.6 Å². The van der Waals surface area contributed by atoms with Gasteiger partial charge in [-0.25, -0.2) is 13.1 Å². The fourth-order valence-electron chi connectivity index (χ4n) is 3.04. The zero-order valence-electron chi connectivity index (χ0n) is 12.1. The first kappa shape index (κ1) is 16.3. The topological polar surface area (TPSA) is 70.0 Å². The molecule has 0 spiro atoms. The van der Waals surface area contributed by atoms with E-state index in [1.165, 1.54) is 18.2 Å². The quantitative estimate of drug-likeness (QED) is 0.922. The van der Waals surface area contributed by atoms with Gasteiger partial charge in [0.2, 0.25) is 10.0 Å². The highest BCUT2D eigenvalue weighted by Gasteiger charge is 2.34. The molecule has 3 atom stereocenters. The van der Waals surface area contributed by atoms with Crippen LogP contribution in [0.15, 0.2) is 23.1 Å². The molecule has 1 aromatic rings. The van der Waals surface area contributed by atoms with E-state index in [2.05, 4.69) is 18.6 Å². The molecule has 1 aromatic carbocycles. The lowest BCUT2D eigenvalue weighted by molar-refractivity contribution is 0.368. The van der Waals surface area contributed by atoms with E-state index in [9.17, 15) is 8.42 Å². The number of nitrogens with zero attached hydrogens (tertiary/aromatic N) is 1. The number of nitriles is 1. The van der Waals surface area contributed by atoms with Gasteiger partial charge in [-0.15, -0.1) is 0 Å². The van der Waals surface area contributed by atoms with Crippen LogP contribution in [0.3, 0.4) is 0 Å². The van der Waals surface area contributed by atoms with Gasteiger partial charge in [0.05, 0.1) is 16.7 Å². The van der Waals surface area contributed by atoms with E-state index in [0.29, 0.717) is 17.4 Å². The predicted octanol–water partition coefficient (Wildman–Crippen LogP) is 3.31. The second-order valence-corrected chi connectivity index (χ2v) is 7.68. The van der Waals surface area contributed by atoms with E-state index < -0.39 is 10.0 Å². The summed E-state index contributed by atoms with van der Waals surface area (Å²) in [5.41, 5.74) is 0.347. The molecular formula is C15H19ClN2O2S. The van der Waals surface area contributed by atoms with Crippen molar-refractivity contribution in [2.45, 2.75) is 44.0 Å². The minimum Gasteiger partial charge on any atom is -0.208 e. The fourth-order valence-corrected chi connectivity index (χ4v) is 4.95. The minimum atomic E-state index is -3.66.